The SMILES string of the molecule is Br.CCOC(=O)O[C@@H]1CNCCC[C@H]1O. The molecule has 0 amide bonds. The lowest BCUT2D eigenvalue weighted by Crippen LogP contribution is -2.37. The second kappa shape index (κ2) is 7.90. The van der Waals surface area contributed by atoms with E-state index in [-0.39, 0.29) is 23.6 Å². The molecule has 5 nitrogen and oxygen atoms in total. The Morgan fingerprint density at radius 1 is 1.60 bits per heavy atom. The fraction of sp³-hybridized carbons (Fsp3) is 0.889. The first-order valence-corrected chi connectivity index (χ1v) is 4.96. The molecule has 90 valence electrons. The summed E-state index contributed by atoms with van der Waals surface area (Å²) in [5.41, 5.74) is 0. The molecule has 1 fully saturated rings. The van der Waals surface area contributed by atoms with Crippen molar-refractivity contribution in [1.29, 1.82) is 0 Å². The fourth-order valence-electron chi connectivity index (χ4n) is 1.40. The fourth-order valence-corrected chi connectivity index (χ4v) is 1.40. The summed E-state index contributed by atoms with van der Waals surface area (Å²) < 4.78 is 9.58. The van der Waals surface area contributed by atoms with Crippen LogP contribution in [0.4, 0.5) is 4.79 Å². The standard InChI is InChI=1S/C9H17NO4.BrH/c1-2-13-9(12)14-8-6-10-5-3-4-7(8)11;/h7-8,10-11H,2-6H2,1H3;1H/t7-,8-;/m1./s1. The van der Waals surface area contributed by atoms with Gasteiger partial charge in [-0.05, 0) is 26.3 Å². The maximum atomic E-state index is 11.0. The van der Waals surface area contributed by atoms with Crippen molar-refractivity contribution in [2.45, 2.75) is 32.0 Å². The van der Waals surface area contributed by atoms with Crippen molar-refractivity contribution in [1.82, 2.24) is 5.32 Å². The number of ether oxygens (including phenoxy) is 2. The van der Waals surface area contributed by atoms with Crippen molar-refractivity contribution < 1.29 is 19.4 Å². The second-order valence-electron chi connectivity index (χ2n) is 3.25. The number of hydrogen-bond donors (Lipinski definition) is 2. The molecule has 0 unspecified atom stereocenters. The van der Waals surface area contributed by atoms with Crippen LogP contribution in [0.1, 0.15) is 19.8 Å². The molecule has 15 heavy (non-hydrogen) atoms. The Hall–Kier alpha value is -0.330. The molecule has 0 aromatic rings. The largest absolute Gasteiger partial charge is 0.508 e. The molecule has 1 aliphatic heterocycles. The highest BCUT2D eigenvalue weighted by atomic mass is 79.9. The van der Waals surface area contributed by atoms with Gasteiger partial charge in [-0.25, -0.2) is 4.79 Å². The van der Waals surface area contributed by atoms with E-state index in [1.54, 1.807) is 6.92 Å². The summed E-state index contributed by atoms with van der Waals surface area (Å²) in [6.45, 7) is 3.33. The average molecular weight is 284 g/mol. The van der Waals surface area contributed by atoms with Crippen LogP contribution in [0.2, 0.25) is 0 Å². The lowest BCUT2D eigenvalue weighted by atomic mass is 10.1. The molecule has 0 spiro atoms. The third-order valence-corrected chi connectivity index (χ3v) is 2.14. The lowest BCUT2D eigenvalue weighted by molar-refractivity contribution is -0.0277. The summed E-state index contributed by atoms with van der Waals surface area (Å²) in [4.78, 5) is 11.0. The molecule has 2 N–H and O–H groups in total. The number of nitrogens with one attached hydrogen (secondary N) is 1. The minimum atomic E-state index is -0.708. The topological polar surface area (TPSA) is 67.8 Å². The van der Waals surface area contributed by atoms with Gasteiger partial charge in [-0.1, -0.05) is 0 Å². The van der Waals surface area contributed by atoms with E-state index in [4.69, 9.17) is 4.74 Å². The maximum absolute atomic E-state index is 11.0. The maximum Gasteiger partial charge on any atom is 0.508 e. The summed E-state index contributed by atoms with van der Waals surface area (Å²) in [6, 6.07) is 0. The molecule has 0 aliphatic carbocycles. The molecule has 6 heteroatoms. The molecule has 1 saturated heterocycles. The first kappa shape index (κ1) is 14.7. The zero-order chi connectivity index (χ0) is 10.4. The van der Waals surface area contributed by atoms with E-state index in [0.29, 0.717) is 13.0 Å². The van der Waals surface area contributed by atoms with E-state index in [1.807, 2.05) is 0 Å². The van der Waals surface area contributed by atoms with Crippen LogP contribution in [0.15, 0.2) is 0 Å². The first-order valence-electron chi connectivity index (χ1n) is 4.96. The van der Waals surface area contributed by atoms with Crippen molar-refractivity contribution in [2.75, 3.05) is 19.7 Å². The molecule has 1 heterocycles. The van der Waals surface area contributed by atoms with Gasteiger partial charge in [0.1, 0.15) is 6.10 Å². The molecule has 0 aromatic carbocycles. The number of halogens is 1. The molecule has 0 saturated carbocycles. The highest BCUT2D eigenvalue weighted by Crippen LogP contribution is 2.09. The summed E-state index contributed by atoms with van der Waals surface area (Å²) in [5, 5.41) is 12.7. The number of carbonyl (C=O) groups excluding carboxylic acids is 1. The Labute approximate surface area is 99.9 Å². The van der Waals surface area contributed by atoms with Crippen LogP contribution in [-0.4, -0.2) is 43.2 Å². The van der Waals surface area contributed by atoms with E-state index in [0.717, 1.165) is 13.0 Å². The van der Waals surface area contributed by atoms with Crippen LogP contribution in [0.5, 0.6) is 0 Å². The average Bonchev–Trinajstić information content (AvgIpc) is 2.33. The summed E-state index contributed by atoms with van der Waals surface area (Å²) >= 11 is 0. The van der Waals surface area contributed by atoms with Crippen molar-refractivity contribution in [3.63, 3.8) is 0 Å². The molecule has 2 atom stereocenters. The van der Waals surface area contributed by atoms with E-state index in [9.17, 15) is 9.90 Å². The van der Waals surface area contributed by atoms with Gasteiger partial charge in [-0.3, -0.25) is 0 Å². The molecule has 0 radical (unpaired) electrons. The van der Waals surface area contributed by atoms with Crippen molar-refractivity contribution in [2.24, 2.45) is 0 Å². The minimum absolute atomic E-state index is 0. The Balaban J connectivity index is 0.00000196. The highest BCUT2D eigenvalue weighted by molar-refractivity contribution is 8.93. The Bertz CT molecular complexity index is 191. The lowest BCUT2D eigenvalue weighted by Gasteiger charge is -2.19. The Morgan fingerprint density at radius 3 is 3.00 bits per heavy atom. The van der Waals surface area contributed by atoms with Crippen molar-refractivity contribution in [3.8, 4) is 0 Å². The molecule has 0 bridgehead atoms. The normalized spacial score (nSPS) is 26.0. The predicted molar refractivity (Wildman–Crippen MR) is 60.3 cm³/mol. The molecular formula is C9H18BrNO4. The number of aliphatic hydroxyl groups excluding tert-OH is 1. The molecule has 1 rings (SSSR count). The van der Waals surface area contributed by atoms with Gasteiger partial charge in [-0.15, -0.1) is 17.0 Å². The van der Waals surface area contributed by atoms with Crippen molar-refractivity contribution >= 4 is 23.1 Å². The van der Waals surface area contributed by atoms with Crippen LogP contribution in [0.3, 0.4) is 0 Å². The highest BCUT2D eigenvalue weighted by Gasteiger charge is 2.25. The molecular weight excluding hydrogens is 266 g/mol. The van der Waals surface area contributed by atoms with Crippen LogP contribution >= 0.6 is 17.0 Å². The van der Waals surface area contributed by atoms with Gasteiger partial charge in [0, 0.05) is 6.54 Å². The summed E-state index contributed by atoms with van der Waals surface area (Å²) in [5.74, 6) is 0. The van der Waals surface area contributed by atoms with E-state index in [1.165, 1.54) is 0 Å². The van der Waals surface area contributed by atoms with Crippen LogP contribution in [-0.2, 0) is 9.47 Å². The van der Waals surface area contributed by atoms with Gasteiger partial charge in [0.15, 0.2) is 0 Å². The Morgan fingerprint density at radius 2 is 2.33 bits per heavy atom. The van der Waals surface area contributed by atoms with E-state index >= 15 is 0 Å². The number of aliphatic hydroxyl groups is 1. The van der Waals surface area contributed by atoms with Gasteiger partial charge < -0.3 is 19.9 Å². The first-order chi connectivity index (χ1) is 6.74. The second-order valence-corrected chi connectivity index (χ2v) is 3.25. The number of hydrogen-bond acceptors (Lipinski definition) is 5. The van der Waals surface area contributed by atoms with Crippen LogP contribution in [0, 0.1) is 0 Å². The smallest absolute Gasteiger partial charge is 0.435 e. The van der Waals surface area contributed by atoms with Crippen LogP contribution < -0.4 is 5.32 Å². The van der Waals surface area contributed by atoms with Gasteiger partial charge in [0.25, 0.3) is 0 Å². The zero-order valence-electron chi connectivity index (χ0n) is 8.77. The molecule has 0 aromatic heterocycles. The minimum Gasteiger partial charge on any atom is -0.435 e. The predicted octanol–water partition coefficient (Wildman–Crippen LogP) is 0.850. The third kappa shape index (κ3) is 5.34. The van der Waals surface area contributed by atoms with Gasteiger partial charge in [0.2, 0.25) is 0 Å². The van der Waals surface area contributed by atoms with Gasteiger partial charge in [0.05, 0.1) is 12.7 Å². The number of carbonyl (C=O) groups is 1. The Kier molecular flexibility index (Phi) is 7.72. The number of rotatable bonds is 2. The van der Waals surface area contributed by atoms with Crippen LogP contribution in [0.25, 0.3) is 0 Å². The monoisotopic (exact) mass is 283 g/mol. The third-order valence-electron chi connectivity index (χ3n) is 2.14. The van der Waals surface area contributed by atoms with Gasteiger partial charge >= 0.3 is 6.16 Å². The zero-order valence-corrected chi connectivity index (χ0v) is 10.5. The summed E-state index contributed by atoms with van der Waals surface area (Å²) in [7, 11) is 0. The summed E-state index contributed by atoms with van der Waals surface area (Å²) in [6.07, 6.45) is -0.243. The van der Waals surface area contributed by atoms with Crippen molar-refractivity contribution in [3.05, 3.63) is 0 Å². The van der Waals surface area contributed by atoms with E-state index in [2.05, 4.69) is 10.1 Å². The molecule has 1 aliphatic rings. The quantitative estimate of drug-likeness (QED) is 0.736. The van der Waals surface area contributed by atoms with Gasteiger partial charge in [-0.2, -0.15) is 0 Å². The van der Waals surface area contributed by atoms with E-state index < -0.39 is 18.4 Å².